The highest BCUT2D eigenvalue weighted by atomic mass is 16.6. The van der Waals surface area contributed by atoms with Gasteiger partial charge in [0.2, 0.25) is 11.8 Å². The number of nitrogens with one attached hydrogen (secondary N) is 1. The van der Waals surface area contributed by atoms with Crippen molar-refractivity contribution in [2.45, 2.75) is 19.3 Å². The molecule has 0 bridgehead atoms. The Morgan fingerprint density at radius 2 is 1.90 bits per heavy atom. The average molecular weight is 410 g/mol. The molecule has 0 spiro atoms. The van der Waals surface area contributed by atoms with Gasteiger partial charge >= 0.3 is 5.97 Å². The molecule has 1 fully saturated rings. The van der Waals surface area contributed by atoms with Crippen LogP contribution in [0, 0.1) is 5.92 Å². The van der Waals surface area contributed by atoms with Crippen molar-refractivity contribution < 1.29 is 23.9 Å². The van der Waals surface area contributed by atoms with Gasteiger partial charge in [-0.25, -0.2) is 4.79 Å². The van der Waals surface area contributed by atoms with Crippen LogP contribution >= 0.6 is 0 Å². The summed E-state index contributed by atoms with van der Waals surface area (Å²) in [5.74, 6) is -0.374. The van der Waals surface area contributed by atoms with E-state index in [1.165, 1.54) is 7.11 Å². The lowest BCUT2D eigenvalue weighted by molar-refractivity contribution is -0.143. The molecule has 1 aliphatic heterocycles. The number of nitrogens with zero attached hydrogens (tertiary/aromatic N) is 1. The minimum atomic E-state index is -0.480. The van der Waals surface area contributed by atoms with E-state index in [9.17, 15) is 14.4 Å². The smallest absolute Gasteiger partial charge is 0.343 e. The molecular weight excluding hydrogens is 384 g/mol. The number of piperidine rings is 1. The minimum Gasteiger partial charge on any atom is -0.482 e. The highest BCUT2D eigenvalue weighted by Crippen LogP contribution is 2.22. The monoisotopic (exact) mass is 410 g/mol. The van der Waals surface area contributed by atoms with Gasteiger partial charge in [0.05, 0.1) is 19.4 Å². The topological polar surface area (TPSA) is 84.9 Å². The largest absolute Gasteiger partial charge is 0.482 e. The molecule has 158 valence electrons. The van der Waals surface area contributed by atoms with Gasteiger partial charge < -0.3 is 19.7 Å². The molecule has 7 nitrogen and oxygen atoms in total. The van der Waals surface area contributed by atoms with Crippen LogP contribution in [0.15, 0.2) is 54.6 Å². The van der Waals surface area contributed by atoms with Crippen molar-refractivity contribution in [1.29, 1.82) is 0 Å². The summed E-state index contributed by atoms with van der Waals surface area (Å²) in [5, 5.41) is 2.89. The Labute approximate surface area is 176 Å². The molecule has 1 heterocycles. The van der Waals surface area contributed by atoms with E-state index in [0.29, 0.717) is 30.9 Å². The van der Waals surface area contributed by atoms with Crippen LogP contribution in [0.5, 0.6) is 5.75 Å². The second kappa shape index (κ2) is 10.4. The third-order valence-electron chi connectivity index (χ3n) is 5.03. The molecule has 0 saturated carbocycles. The molecular formula is C23H26N2O5. The van der Waals surface area contributed by atoms with Gasteiger partial charge in [-0.05, 0) is 30.5 Å². The maximum absolute atomic E-state index is 12.8. The Kier molecular flexibility index (Phi) is 7.43. The number of amides is 2. The minimum absolute atomic E-state index is 0.0388. The van der Waals surface area contributed by atoms with Crippen LogP contribution in [0.3, 0.4) is 0 Å². The van der Waals surface area contributed by atoms with E-state index in [1.54, 1.807) is 29.2 Å². The number of rotatable bonds is 7. The predicted molar refractivity (Wildman–Crippen MR) is 112 cm³/mol. The van der Waals surface area contributed by atoms with Crippen molar-refractivity contribution in [3.05, 3.63) is 60.2 Å². The maximum Gasteiger partial charge on any atom is 0.343 e. The maximum atomic E-state index is 12.8. The second-order valence-electron chi connectivity index (χ2n) is 7.22. The van der Waals surface area contributed by atoms with Gasteiger partial charge in [-0.3, -0.25) is 9.59 Å². The van der Waals surface area contributed by atoms with Crippen LogP contribution in [-0.4, -0.2) is 49.5 Å². The lowest BCUT2D eigenvalue weighted by Crippen LogP contribution is -2.44. The molecule has 1 unspecified atom stereocenters. The summed E-state index contributed by atoms with van der Waals surface area (Å²) in [7, 11) is 1.29. The molecule has 3 rings (SSSR count). The highest BCUT2D eigenvalue weighted by molar-refractivity contribution is 5.93. The number of anilines is 1. The van der Waals surface area contributed by atoms with E-state index in [2.05, 4.69) is 10.1 Å². The van der Waals surface area contributed by atoms with Gasteiger partial charge in [-0.2, -0.15) is 0 Å². The number of benzene rings is 2. The van der Waals surface area contributed by atoms with Gasteiger partial charge in [-0.1, -0.05) is 36.4 Å². The van der Waals surface area contributed by atoms with Gasteiger partial charge in [-0.15, -0.1) is 0 Å². The molecule has 1 N–H and O–H groups in total. The summed E-state index contributed by atoms with van der Waals surface area (Å²) in [4.78, 5) is 38.4. The Bertz CT molecular complexity index is 884. The summed E-state index contributed by atoms with van der Waals surface area (Å²) in [6.45, 7) is 0.886. The van der Waals surface area contributed by atoms with E-state index >= 15 is 0 Å². The first kappa shape index (κ1) is 21.4. The quantitative estimate of drug-likeness (QED) is 0.710. The van der Waals surface area contributed by atoms with E-state index in [1.807, 2.05) is 30.3 Å². The first-order valence-electron chi connectivity index (χ1n) is 9.97. The molecule has 1 aliphatic rings. The molecule has 2 aromatic rings. The fraction of sp³-hybridized carbons (Fsp3) is 0.348. The lowest BCUT2D eigenvalue weighted by atomic mass is 9.96. The molecule has 30 heavy (non-hydrogen) atoms. The van der Waals surface area contributed by atoms with Crippen molar-refractivity contribution >= 4 is 23.5 Å². The lowest BCUT2D eigenvalue weighted by Gasteiger charge is -2.32. The standard InChI is InChI=1S/C23H26N2O5/c1-29-22(27)16-30-20-11-5-10-19(14-20)24-23(28)18-9-6-12-25(15-18)21(26)13-17-7-3-2-4-8-17/h2-5,7-8,10-11,14,18H,6,9,12-13,15-16H2,1H3,(H,24,28). The molecule has 0 radical (unpaired) electrons. The van der Waals surface area contributed by atoms with Gasteiger partial charge in [0, 0.05) is 24.8 Å². The van der Waals surface area contributed by atoms with Crippen molar-refractivity contribution in [1.82, 2.24) is 4.90 Å². The molecule has 2 aromatic carbocycles. The number of likely N-dealkylation sites (tertiary alicyclic amines) is 1. The van der Waals surface area contributed by atoms with E-state index in [0.717, 1.165) is 18.4 Å². The summed E-state index contributed by atoms with van der Waals surface area (Å²) < 4.78 is 9.90. The number of methoxy groups -OCH3 is 1. The first-order chi connectivity index (χ1) is 14.5. The first-order valence-corrected chi connectivity index (χ1v) is 9.97. The fourth-order valence-corrected chi connectivity index (χ4v) is 3.41. The number of hydrogen-bond acceptors (Lipinski definition) is 5. The average Bonchev–Trinajstić information content (AvgIpc) is 2.78. The molecule has 0 aromatic heterocycles. The molecule has 7 heteroatoms. The van der Waals surface area contributed by atoms with E-state index < -0.39 is 5.97 Å². The third kappa shape index (κ3) is 6.07. The molecule has 2 amide bonds. The second-order valence-corrected chi connectivity index (χ2v) is 7.22. The number of hydrogen-bond donors (Lipinski definition) is 1. The zero-order valence-electron chi connectivity index (χ0n) is 17.0. The number of carbonyl (C=O) groups excluding carboxylic acids is 3. The van der Waals surface area contributed by atoms with Crippen molar-refractivity contribution in [2.75, 3.05) is 32.1 Å². The SMILES string of the molecule is COC(=O)COc1cccc(NC(=O)C2CCCN(C(=O)Cc3ccccc3)C2)c1. The highest BCUT2D eigenvalue weighted by Gasteiger charge is 2.28. The Morgan fingerprint density at radius 3 is 2.67 bits per heavy atom. The summed E-state index contributed by atoms with van der Waals surface area (Å²) in [6.07, 6.45) is 1.87. The van der Waals surface area contributed by atoms with Crippen LogP contribution in [0.25, 0.3) is 0 Å². The number of ether oxygens (including phenoxy) is 2. The Morgan fingerprint density at radius 1 is 1.10 bits per heavy atom. The van der Waals surface area contributed by atoms with Crippen molar-refractivity contribution in [3.8, 4) is 5.75 Å². The van der Waals surface area contributed by atoms with E-state index in [-0.39, 0.29) is 24.3 Å². The van der Waals surface area contributed by atoms with Gasteiger partial charge in [0.1, 0.15) is 5.75 Å². The normalized spacial score (nSPS) is 15.9. The summed E-state index contributed by atoms with van der Waals surface area (Å²) >= 11 is 0. The summed E-state index contributed by atoms with van der Waals surface area (Å²) in [5.41, 5.74) is 1.55. The molecule has 0 aliphatic carbocycles. The zero-order valence-corrected chi connectivity index (χ0v) is 17.0. The van der Waals surface area contributed by atoms with Crippen LogP contribution in [-0.2, 0) is 25.5 Å². The van der Waals surface area contributed by atoms with Crippen molar-refractivity contribution in [2.24, 2.45) is 5.92 Å². The molecule has 1 saturated heterocycles. The number of esters is 1. The van der Waals surface area contributed by atoms with Crippen molar-refractivity contribution in [3.63, 3.8) is 0 Å². The fourth-order valence-electron chi connectivity index (χ4n) is 3.41. The summed E-state index contributed by atoms with van der Waals surface area (Å²) in [6, 6.07) is 16.5. The predicted octanol–water partition coefficient (Wildman–Crippen LogP) is 2.66. The van der Waals surface area contributed by atoms with Gasteiger partial charge in [0.25, 0.3) is 0 Å². The number of carbonyl (C=O) groups is 3. The van der Waals surface area contributed by atoms with Crippen LogP contribution < -0.4 is 10.1 Å². The molecule has 1 atom stereocenters. The zero-order chi connectivity index (χ0) is 21.3. The Hall–Kier alpha value is -3.35. The Balaban J connectivity index is 1.55. The van der Waals surface area contributed by atoms with Crippen LogP contribution in [0.2, 0.25) is 0 Å². The third-order valence-corrected chi connectivity index (χ3v) is 5.03. The van der Waals surface area contributed by atoms with E-state index in [4.69, 9.17) is 4.74 Å². The van der Waals surface area contributed by atoms with Crippen LogP contribution in [0.4, 0.5) is 5.69 Å². The van der Waals surface area contributed by atoms with Crippen LogP contribution in [0.1, 0.15) is 18.4 Å². The van der Waals surface area contributed by atoms with Gasteiger partial charge in [0.15, 0.2) is 6.61 Å².